The van der Waals surface area contributed by atoms with Crippen molar-refractivity contribution in [1.29, 1.82) is 0 Å². The Balaban J connectivity index is 1.73. The van der Waals surface area contributed by atoms with Crippen molar-refractivity contribution >= 4 is 26.7 Å². The molecule has 0 aliphatic carbocycles. The molecule has 0 fully saturated rings. The number of nitrogens with one attached hydrogen (secondary N) is 2. The van der Waals surface area contributed by atoms with E-state index in [1.807, 2.05) is 62.4 Å². The maximum atomic E-state index is 12.9. The van der Waals surface area contributed by atoms with Crippen molar-refractivity contribution in [1.82, 2.24) is 9.97 Å². The van der Waals surface area contributed by atoms with Gasteiger partial charge in [0.25, 0.3) is 10.0 Å². The van der Waals surface area contributed by atoms with E-state index in [0.717, 1.165) is 22.2 Å². The van der Waals surface area contributed by atoms with Gasteiger partial charge >= 0.3 is 0 Å². The standard InChI is InChI=1S/C21H19N3O2S/c1-14-7-6-8-15(2)20(14)24-27(25,26)17-11-12-18-19(13-17)23-21(22-18)16-9-4-3-5-10-16/h3-13,24H,1-2H3,(H,22,23). The number of aromatic amines is 1. The summed E-state index contributed by atoms with van der Waals surface area (Å²) in [5.74, 6) is 0.711. The van der Waals surface area contributed by atoms with Crippen LogP contribution in [0.15, 0.2) is 71.6 Å². The van der Waals surface area contributed by atoms with Crippen molar-refractivity contribution in [3.8, 4) is 11.4 Å². The molecule has 136 valence electrons. The van der Waals surface area contributed by atoms with E-state index < -0.39 is 10.0 Å². The predicted octanol–water partition coefficient (Wildman–Crippen LogP) is 4.65. The lowest BCUT2D eigenvalue weighted by Gasteiger charge is -2.13. The first kappa shape index (κ1) is 17.3. The third kappa shape index (κ3) is 3.31. The highest BCUT2D eigenvalue weighted by molar-refractivity contribution is 7.92. The third-order valence-corrected chi connectivity index (χ3v) is 5.88. The molecule has 1 aromatic heterocycles. The summed E-state index contributed by atoms with van der Waals surface area (Å²) in [7, 11) is -3.70. The van der Waals surface area contributed by atoms with Crippen molar-refractivity contribution in [2.75, 3.05) is 4.72 Å². The maximum absolute atomic E-state index is 12.9. The predicted molar refractivity (Wildman–Crippen MR) is 108 cm³/mol. The number of sulfonamides is 1. The van der Waals surface area contributed by atoms with Gasteiger partial charge in [-0.25, -0.2) is 13.4 Å². The van der Waals surface area contributed by atoms with E-state index in [1.54, 1.807) is 18.2 Å². The number of aromatic nitrogens is 2. The molecule has 3 aromatic carbocycles. The molecule has 0 unspecified atom stereocenters. The summed E-state index contributed by atoms with van der Waals surface area (Å²) in [5, 5.41) is 0. The first-order valence-electron chi connectivity index (χ1n) is 8.58. The Morgan fingerprint density at radius 1 is 0.889 bits per heavy atom. The second kappa shape index (κ2) is 6.55. The summed E-state index contributed by atoms with van der Waals surface area (Å²) < 4.78 is 28.5. The van der Waals surface area contributed by atoms with Crippen LogP contribution in [0.3, 0.4) is 0 Å². The van der Waals surface area contributed by atoms with Gasteiger partial charge in [-0.15, -0.1) is 0 Å². The molecule has 0 amide bonds. The van der Waals surface area contributed by atoms with Gasteiger partial charge in [-0.3, -0.25) is 4.72 Å². The highest BCUT2D eigenvalue weighted by atomic mass is 32.2. The first-order chi connectivity index (χ1) is 12.9. The molecule has 2 N–H and O–H groups in total. The number of para-hydroxylation sites is 1. The highest BCUT2D eigenvalue weighted by Crippen LogP contribution is 2.26. The van der Waals surface area contributed by atoms with Crippen LogP contribution in [0.4, 0.5) is 5.69 Å². The van der Waals surface area contributed by atoms with Crippen LogP contribution in [0.5, 0.6) is 0 Å². The number of fused-ring (bicyclic) bond motifs is 1. The van der Waals surface area contributed by atoms with Crippen LogP contribution in [0.1, 0.15) is 11.1 Å². The fourth-order valence-electron chi connectivity index (χ4n) is 3.06. The van der Waals surface area contributed by atoms with Gasteiger partial charge in [-0.05, 0) is 43.2 Å². The van der Waals surface area contributed by atoms with Gasteiger partial charge in [0.1, 0.15) is 5.82 Å². The minimum absolute atomic E-state index is 0.195. The van der Waals surface area contributed by atoms with Crippen LogP contribution >= 0.6 is 0 Å². The second-order valence-corrected chi connectivity index (χ2v) is 8.19. The zero-order valence-corrected chi connectivity index (χ0v) is 15.8. The zero-order chi connectivity index (χ0) is 19.0. The summed E-state index contributed by atoms with van der Waals surface area (Å²) in [6, 6.07) is 20.3. The molecule has 0 spiro atoms. The summed E-state index contributed by atoms with van der Waals surface area (Å²) in [6.07, 6.45) is 0. The molecule has 0 atom stereocenters. The van der Waals surface area contributed by atoms with Gasteiger partial charge in [0.05, 0.1) is 21.6 Å². The van der Waals surface area contributed by atoms with E-state index >= 15 is 0 Å². The van der Waals surface area contributed by atoms with Gasteiger partial charge < -0.3 is 4.98 Å². The van der Waals surface area contributed by atoms with Gasteiger partial charge in [-0.2, -0.15) is 0 Å². The SMILES string of the molecule is Cc1cccc(C)c1NS(=O)(=O)c1ccc2nc(-c3ccccc3)[nH]c2c1. The largest absolute Gasteiger partial charge is 0.338 e. The molecule has 0 saturated carbocycles. The number of benzene rings is 3. The number of nitrogens with zero attached hydrogens (tertiary/aromatic N) is 1. The Morgan fingerprint density at radius 2 is 1.59 bits per heavy atom. The molecule has 0 aliphatic rings. The van der Waals surface area contributed by atoms with Gasteiger partial charge in [0.2, 0.25) is 0 Å². The quantitative estimate of drug-likeness (QED) is 0.544. The molecule has 1 heterocycles. The van der Waals surface area contributed by atoms with E-state index in [9.17, 15) is 8.42 Å². The summed E-state index contributed by atoms with van der Waals surface area (Å²) >= 11 is 0. The van der Waals surface area contributed by atoms with E-state index in [1.165, 1.54) is 0 Å². The van der Waals surface area contributed by atoms with Crippen LogP contribution in [-0.2, 0) is 10.0 Å². The summed E-state index contributed by atoms with van der Waals surface area (Å²) in [5.41, 5.74) is 4.73. The molecule has 4 aromatic rings. The molecule has 27 heavy (non-hydrogen) atoms. The smallest absolute Gasteiger partial charge is 0.261 e. The molecule has 0 saturated heterocycles. The van der Waals surface area contributed by atoms with E-state index in [0.29, 0.717) is 17.0 Å². The van der Waals surface area contributed by atoms with Crippen LogP contribution in [0.25, 0.3) is 22.4 Å². The van der Waals surface area contributed by atoms with Crippen molar-refractivity contribution in [3.63, 3.8) is 0 Å². The minimum atomic E-state index is -3.70. The van der Waals surface area contributed by atoms with Crippen LogP contribution < -0.4 is 4.72 Å². The molecular weight excluding hydrogens is 358 g/mol. The van der Waals surface area contributed by atoms with E-state index in [2.05, 4.69) is 14.7 Å². The maximum Gasteiger partial charge on any atom is 0.261 e. The lowest BCUT2D eigenvalue weighted by Crippen LogP contribution is -2.14. The van der Waals surface area contributed by atoms with Crippen molar-refractivity contribution in [3.05, 3.63) is 77.9 Å². The van der Waals surface area contributed by atoms with E-state index in [4.69, 9.17) is 0 Å². The lowest BCUT2D eigenvalue weighted by molar-refractivity contribution is 0.601. The highest BCUT2D eigenvalue weighted by Gasteiger charge is 2.18. The minimum Gasteiger partial charge on any atom is -0.338 e. The first-order valence-corrected chi connectivity index (χ1v) is 10.1. The molecular formula is C21H19N3O2S. The van der Waals surface area contributed by atoms with E-state index in [-0.39, 0.29) is 4.90 Å². The number of anilines is 1. The Bertz CT molecular complexity index is 1210. The summed E-state index contributed by atoms with van der Waals surface area (Å²) in [6.45, 7) is 3.77. The van der Waals surface area contributed by atoms with Crippen LogP contribution in [0, 0.1) is 13.8 Å². The Labute approximate surface area is 158 Å². The summed E-state index contributed by atoms with van der Waals surface area (Å²) in [4.78, 5) is 7.95. The lowest BCUT2D eigenvalue weighted by atomic mass is 10.1. The van der Waals surface area contributed by atoms with Crippen LogP contribution in [0.2, 0.25) is 0 Å². The number of hydrogen-bond acceptors (Lipinski definition) is 3. The average Bonchev–Trinajstić information content (AvgIpc) is 3.09. The molecule has 5 nitrogen and oxygen atoms in total. The Morgan fingerprint density at radius 3 is 2.30 bits per heavy atom. The molecule has 0 bridgehead atoms. The number of hydrogen-bond donors (Lipinski definition) is 2. The second-order valence-electron chi connectivity index (χ2n) is 6.50. The number of aryl methyl sites for hydroxylation is 2. The number of imidazole rings is 1. The van der Waals surface area contributed by atoms with Gasteiger partial charge in [-0.1, -0.05) is 48.5 Å². The van der Waals surface area contributed by atoms with Gasteiger partial charge in [0.15, 0.2) is 0 Å². The molecule has 6 heteroatoms. The van der Waals surface area contributed by atoms with Crippen molar-refractivity contribution in [2.45, 2.75) is 18.7 Å². The average molecular weight is 377 g/mol. The molecule has 0 radical (unpaired) electrons. The Kier molecular flexibility index (Phi) is 4.20. The number of H-pyrrole nitrogens is 1. The normalized spacial score (nSPS) is 11.6. The van der Waals surface area contributed by atoms with Crippen molar-refractivity contribution < 1.29 is 8.42 Å². The van der Waals surface area contributed by atoms with Crippen LogP contribution in [-0.4, -0.2) is 18.4 Å². The third-order valence-electron chi connectivity index (χ3n) is 4.53. The topological polar surface area (TPSA) is 74.8 Å². The molecule has 0 aliphatic heterocycles. The number of rotatable bonds is 4. The Hall–Kier alpha value is -3.12. The molecule has 4 rings (SSSR count). The van der Waals surface area contributed by atoms with Gasteiger partial charge in [0, 0.05) is 5.56 Å². The fourth-order valence-corrected chi connectivity index (χ4v) is 4.29. The monoisotopic (exact) mass is 377 g/mol. The zero-order valence-electron chi connectivity index (χ0n) is 15.0. The van der Waals surface area contributed by atoms with Crippen molar-refractivity contribution in [2.24, 2.45) is 0 Å². The fraction of sp³-hybridized carbons (Fsp3) is 0.0952.